The van der Waals surface area contributed by atoms with Gasteiger partial charge in [0.2, 0.25) is 0 Å². The molecule has 3 aromatic heterocycles. The number of hydrogen-bond donors (Lipinski definition) is 3. The van der Waals surface area contributed by atoms with Crippen LogP contribution in [-0.2, 0) is 6.54 Å². The highest BCUT2D eigenvalue weighted by Gasteiger charge is 2.09. The quantitative estimate of drug-likeness (QED) is 0.535. The maximum atomic E-state index is 12.3. The molecule has 4 N–H and O–H groups in total. The molecule has 0 radical (unpaired) electrons. The van der Waals surface area contributed by atoms with E-state index in [9.17, 15) is 4.79 Å². The third-order valence-corrected chi connectivity index (χ3v) is 4.32. The van der Waals surface area contributed by atoms with Crippen molar-refractivity contribution in [1.29, 1.82) is 0 Å². The van der Waals surface area contributed by atoms with Crippen LogP contribution in [0.25, 0.3) is 0 Å². The van der Waals surface area contributed by atoms with E-state index in [1.807, 2.05) is 13.0 Å². The first-order valence-corrected chi connectivity index (χ1v) is 9.29. The number of aromatic nitrogens is 4. The van der Waals surface area contributed by atoms with Crippen LogP contribution in [0.2, 0.25) is 0 Å². The summed E-state index contributed by atoms with van der Waals surface area (Å²) in [7, 11) is 0. The maximum absolute atomic E-state index is 12.3. The summed E-state index contributed by atoms with van der Waals surface area (Å²) in [6, 6.07) is 7.14. The summed E-state index contributed by atoms with van der Waals surface area (Å²) in [6.07, 6.45) is 6.34. The monoisotopic (exact) mass is 381 g/mol. The second-order valence-corrected chi connectivity index (χ2v) is 6.74. The Balaban J connectivity index is 1.63. The number of hydrogen-bond acceptors (Lipinski definition) is 8. The van der Waals surface area contributed by atoms with Gasteiger partial charge >= 0.3 is 0 Å². The lowest BCUT2D eigenvalue weighted by Gasteiger charge is -2.09. The van der Waals surface area contributed by atoms with Crippen LogP contribution in [0.15, 0.2) is 54.1 Å². The highest BCUT2D eigenvalue weighted by Crippen LogP contribution is 2.16. The Morgan fingerprint density at radius 3 is 2.78 bits per heavy atom. The van der Waals surface area contributed by atoms with E-state index in [1.54, 1.807) is 48.6 Å². The molecule has 0 aliphatic carbocycles. The lowest BCUT2D eigenvalue weighted by molar-refractivity contribution is 0.102. The van der Waals surface area contributed by atoms with E-state index in [0.29, 0.717) is 18.1 Å². The molecule has 138 valence electrons. The van der Waals surface area contributed by atoms with Gasteiger partial charge in [0.25, 0.3) is 5.91 Å². The third-order valence-electron chi connectivity index (χ3n) is 3.53. The van der Waals surface area contributed by atoms with Crippen LogP contribution < -0.4 is 16.4 Å². The van der Waals surface area contributed by atoms with Crippen LogP contribution in [0.3, 0.4) is 0 Å². The average molecular weight is 381 g/mol. The number of thioether (sulfide) groups is 1. The summed E-state index contributed by atoms with van der Waals surface area (Å²) < 4.78 is 0. The van der Waals surface area contributed by atoms with Crippen molar-refractivity contribution >= 4 is 34.9 Å². The topological polar surface area (TPSA) is 119 Å². The zero-order valence-electron chi connectivity index (χ0n) is 14.7. The summed E-state index contributed by atoms with van der Waals surface area (Å²) in [6.45, 7) is 2.48. The summed E-state index contributed by atoms with van der Waals surface area (Å²) >= 11 is 1.57. The number of nitrogens with one attached hydrogen (secondary N) is 2. The van der Waals surface area contributed by atoms with Gasteiger partial charge in [-0.15, -0.1) is 11.8 Å². The largest absolute Gasteiger partial charge is 0.382 e. The van der Waals surface area contributed by atoms with E-state index in [4.69, 9.17) is 5.73 Å². The normalized spacial score (nSPS) is 10.4. The smallest absolute Gasteiger partial charge is 0.275 e. The molecule has 0 bridgehead atoms. The summed E-state index contributed by atoms with van der Waals surface area (Å²) in [5, 5.41) is 6.77. The maximum Gasteiger partial charge on any atom is 0.275 e. The number of nitrogen functional groups attached to an aromatic ring is 1. The summed E-state index contributed by atoms with van der Waals surface area (Å²) in [5.74, 6) is 1.00. The molecule has 9 heteroatoms. The molecule has 27 heavy (non-hydrogen) atoms. The lowest BCUT2D eigenvalue weighted by Crippen LogP contribution is -2.14. The molecule has 0 aromatic carbocycles. The lowest BCUT2D eigenvalue weighted by atomic mass is 10.3. The third kappa shape index (κ3) is 5.14. The van der Waals surface area contributed by atoms with E-state index in [2.05, 4.69) is 30.6 Å². The van der Waals surface area contributed by atoms with Crippen molar-refractivity contribution in [3.63, 3.8) is 0 Å². The highest BCUT2D eigenvalue weighted by molar-refractivity contribution is 7.99. The number of nitrogens with two attached hydrogens (primary N) is 1. The van der Waals surface area contributed by atoms with E-state index in [-0.39, 0.29) is 11.6 Å². The SMILES string of the molecule is CCSc1cnc(C(=O)Nc2ccnc(CNc3cccnc3N)c2)cn1. The molecule has 0 saturated carbocycles. The number of carbonyl (C=O) groups excluding carboxylic acids is 1. The average Bonchev–Trinajstić information content (AvgIpc) is 2.68. The summed E-state index contributed by atoms with van der Waals surface area (Å²) in [5.41, 5.74) is 8.17. The van der Waals surface area contributed by atoms with Gasteiger partial charge in [-0.2, -0.15) is 0 Å². The standard InChI is InChI=1S/C18H19N7OS/c1-2-27-16-11-23-15(10-24-16)18(26)25-12-5-7-20-13(8-12)9-22-14-4-3-6-21-17(14)19/h3-8,10-11,22H,2,9H2,1H3,(H2,19,21)(H,20,25,26). The first-order valence-electron chi connectivity index (χ1n) is 8.31. The molecule has 0 fully saturated rings. The Bertz CT molecular complexity index is 918. The van der Waals surface area contributed by atoms with Crippen molar-refractivity contribution in [2.75, 3.05) is 22.1 Å². The van der Waals surface area contributed by atoms with Gasteiger partial charge in [-0.05, 0) is 30.0 Å². The molecule has 0 saturated heterocycles. The number of carbonyl (C=O) groups is 1. The fourth-order valence-electron chi connectivity index (χ4n) is 2.26. The van der Waals surface area contributed by atoms with Crippen LogP contribution >= 0.6 is 11.8 Å². The van der Waals surface area contributed by atoms with Crippen LogP contribution in [0.4, 0.5) is 17.2 Å². The fourth-order valence-corrected chi connectivity index (χ4v) is 2.81. The fraction of sp³-hybridized carbons (Fsp3) is 0.167. The molecule has 0 atom stereocenters. The minimum absolute atomic E-state index is 0.259. The first kappa shape index (κ1) is 18.6. The first-order chi connectivity index (χ1) is 13.2. The molecular formula is C18H19N7OS. The van der Waals surface area contributed by atoms with Gasteiger partial charge in [0.15, 0.2) is 0 Å². The summed E-state index contributed by atoms with van der Waals surface area (Å²) in [4.78, 5) is 29.0. The minimum Gasteiger partial charge on any atom is -0.382 e. The number of anilines is 3. The zero-order chi connectivity index (χ0) is 19.1. The zero-order valence-corrected chi connectivity index (χ0v) is 15.5. The molecule has 0 spiro atoms. The van der Waals surface area contributed by atoms with Crippen molar-refractivity contribution in [1.82, 2.24) is 19.9 Å². The minimum atomic E-state index is -0.322. The second-order valence-electron chi connectivity index (χ2n) is 5.45. The van der Waals surface area contributed by atoms with Gasteiger partial charge < -0.3 is 16.4 Å². The number of rotatable bonds is 7. The molecular weight excluding hydrogens is 362 g/mol. The molecule has 8 nitrogen and oxygen atoms in total. The van der Waals surface area contributed by atoms with E-state index in [1.165, 1.54) is 6.20 Å². The van der Waals surface area contributed by atoms with Gasteiger partial charge in [0, 0.05) is 18.1 Å². The number of amides is 1. The molecule has 0 unspecified atom stereocenters. The van der Waals surface area contributed by atoms with Crippen molar-refractivity contribution < 1.29 is 4.79 Å². The van der Waals surface area contributed by atoms with E-state index >= 15 is 0 Å². The van der Waals surface area contributed by atoms with Crippen LogP contribution in [0, 0.1) is 0 Å². The van der Waals surface area contributed by atoms with Crippen molar-refractivity contribution in [3.05, 3.63) is 60.4 Å². The van der Waals surface area contributed by atoms with Gasteiger partial charge in [-0.1, -0.05) is 6.92 Å². The van der Waals surface area contributed by atoms with Gasteiger partial charge in [-0.25, -0.2) is 15.0 Å². The van der Waals surface area contributed by atoms with Crippen molar-refractivity contribution in [3.8, 4) is 0 Å². The van der Waals surface area contributed by atoms with Crippen LogP contribution in [0.5, 0.6) is 0 Å². The molecule has 0 aliphatic heterocycles. The molecule has 3 aromatic rings. The Kier molecular flexibility index (Phi) is 6.16. The Labute approximate surface area is 161 Å². The predicted octanol–water partition coefficient (Wildman–Crippen LogP) is 2.83. The Hall–Kier alpha value is -3.20. The highest BCUT2D eigenvalue weighted by atomic mass is 32.2. The molecule has 3 rings (SSSR count). The molecule has 1 amide bonds. The van der Waals surface area contributed by atoms with Crippen LogP contribution in [-0.4, -0.2) is 31.6 Å². The predicted molar refractivity (Wildman–Crippen MR) is 107 cm³/mol. The van der Waals surface area contributed by atoms with Gasteiger partial charge in [0.05, 0.1) is 30.3 Å². The van der Waals surface area contributed by atoms with Crippen LogP contribution in [0.1, 0.15) is 23.1 Å². The molecule has 3 heterocycles. The van der Waals surface area contributed by atoms with E-state index < -0.39 is 0 Å². The van der Waals surface area contributed by atoms with Gasteiger partial charge in [0.1, 0.15) is 16.5 Å². The van der Waals surface area contributed by atoms with Gasteiger partial charge in [-0.3, -0.25) is 9.78 Å². The second kappa shape index (κ2) is 8.95. The Morgan fingerprint density at radius 2 is 2.04 bits per heavy atom. The molecule has 0 aliphatic rings. The van der Waals surface area contributed by atoms with Crippen molar-refractivity contribution in [2.45, 2.75) is 18.5 Å². The Morgan fingerprint density at radius 1 is 1.15 bits per heavy atom. The number of nitrogens with zero attached hydrogens (tertiary/aromatic N) is 4. The number of pyridine rings is 2. The van der Waals surface area contributed by atoms with Crippen molar-refractivity contribution in [2.24, 2.45) is 0 Å². The van der Waals surface area contributed by atoms with E-state index in [0.717, 1.165) is 22.2 Å².